The van der Waals surface area contributed by atoms with E-state index < -0.39 is 11.0 Å². The summed E-state index contributed by atoms with van der Waals surface area (Å²) in [5.74, 6) is 5.84. The van der Waals surface area contributed by atoms with Gasteiger partial charge < -0.3 is 20.4 Å². The molecule has 1 atom stereocenters. The van der Waals surface area contributed by atoms with Gasteiger partial charge in [0.1, 0.15) is 5.82 Å². The van der Waals surface area contributed by atoms with E-state index in [1.165, 1.54) is 19.2 Å². The van der Waals surface area contributed by atoms with E-state index in [0.717, 1.165) is 0 Å². The molecule has 4 N–H and O–H groups in total. The van der Waals surface area contributed by atoms with Crippen LogP contribution in [-0.4, -0.2) is 42.2 Å². The number of aromatic nitrogens is 1. The quantitative estimate of drug-likeness (QED) is 0.407. The van der Waals surface area contributed by atoms with Crippen molar-refractivity contribution >= 4 is 23.4 Å². The van der Waals surface area contributed by atoms with Gasteiger partial charge in [-0.25, -0.2) is 15.6 Å². The van der Waals surface area contributed by atoms with Crippen LogP contribution in [0.1, 0.15) is 6.42 Å². The molecule has 10 heteroatoms. The number of methoxy groups -OCH3 is 1. The van der Waals surface area contributed by atoms with Gasteiger partial charge in [-0.1, -0.05) is 0 Å². The molecule has 1 amide bonds. The maximum atomic E-state index is 11.2. The van der Waals surface area contributed by atoms with Crippen molar-refractivity contribution in [2.45, 2.75) is 12.5 Å². The number of rotatable bonds is 4. The standard InChI is InChI=1S/C11H16N6O4/c1-21-11(18)13-7-4-5-16(6-7)10-8(17(19)20)2-3-9(14-10)15-12/h2-3,7H,4-6,12H2,1H3,(H,13,18)(H,14,15). The molecular weight excluding hydrogens is 280 g/mol. The number of alkyl carbamates (subject to hydrolysis) is 1. The molecule has 0 radical (unpaired) electrons. The molecule has 1 aromatic heterocycles. The number of carbonyl (C=O) groups excluding carboxylic acids is 1. The van der Waals surface area contributed by atoms with E-state index >= 15 is 0 Å². The van der Waals surface area contributed by atoms with Crippen LogP contribution in [0, 0.1) is 10.1 Å². The number of nitrogens with two attached hydrogens (primary N) is 1. The molecule has 2 heterocycles. The number of nitrogens with one attached hydrogen (secondary N) is 2. The fraction of sp³-hybridized carbons (Fsp3) is 0.455. The predicted octanol–water partition coefficient (Wildman–Crippen LogP) is 0.210. The molecule has 1 unspecified atom stereocenters. The van der Waals surface area contributed by atoms with E-state index in [1.807, 2.05) is 0 Å². The molecule has 1 aliphatic rings. The van der Waals surface area contributed by atoms with Crippen LogP contribution in [-0.2, 0) is 4.74 Å². The number of amides is 1. The van der Waals surface area contributed by atoms with E-state index in [0.29, 0.717) is 25.3 Å². The van der Waals surface area contributed by atoms with Gasteiger partial charge in [-0.2, -0.15) is 0 Å². The van der Waals surface area contributed by atoms with Crippen LogP contribution in [0.4, 0.5) is 22.1 Å². The first kappa shape index (κ1) is 14.8. The van der Waals surface area contributed by atoms with Gasteiger partial charge in [-0.3, -0.25) is 10.1 Å². The van der Waals surface area contributed by atoms with Crippen molar-refractivity contribution in [3.05, 3.63) is 22.2 Å². The van der Waals surface area contributed by atoms with Crippen LogP contribution in [0.2, 0.25) is 0 Å². The van der Waals surface area contributed by atoms with Gasteiger partial charge in [0, 0.05) is 19.2 Å². The first-order chi connectivity index (χ1) is 10.0. The summed E-state index contributed by atoms with van der Waals surface area (Å²) in [4.78, 5) is 27.6. The summed E-state index contributed by atoms with van der Waals surface area (Å²) >= 11 is 0. The fourth-order valence-electron chi connectivity index (χ4n) is 2.19. The molecule has 0 aromatic carbocycles. The largest absolute Gasteiger partial charge is 0.453 e. The molecule has 1 fully saturated rings. The Morgan fingerprint density at radius 2 is 2.38 bits per heavy atom. The maximum Gasteiger partial charge on any atom is 0.407 e. The smallest absolute Gasteiger partial charge is 0.407 e. The minimum atomic E-state index is -0.526. The number of hydrogen-bond donors (Lipinski definition) is 3. The SMILES string of the molecule is COC(=O)NC1CCN(c2nc(NN)ccc2[N+](=O)[O-])C1. The minimum absolute atomic E-state index is 0.104. The van der Waals surface area contributed by atoms with Crippen LogP contribution in [0.5, 0.6) is 0 Å². The number of anilines is 2. The van der Waals surface area contributed by atoms with Crippen molar-refractivity contribution < 1.29 is 14.5 Å². The summed E-state index contributed by atoms with van der Waals surface area (Å²) in [6.07, 6.45) is 0.121. The summed E-state index contributed by atoms with van der Waals surface area (Å²) in [7, 11) is 1.28. The van der Waals surface area contributed by atoms with Crippen LogP contribution >= 0.6 is 0 Å². The number of nitrogens with zero attached hydrogens (tertiary/aromatic N) is 3. The van der Waals surface area contributed by atoms with E-state index in [-0.39, 0.29) is 17.5 Å². The number of nitro groups is 1. The topological polar surface area (TPSA) is 136 Å². The molecule has 0 saturated carbocycles. The highest BCUT2D eigenvalue weighted by Crippen LogP contribution is 2.30. The van der Waals surface area contributed by atoms with Crippen molar-refractivity contribution in [1.29, 1.82) is 0 Å². The second-order valence-electron chi connectivity index (χ2n) is 4.51. The Morgan fingerprint density at radius 1 is 1.62 bits per heavy atom. The predicted molar refractivity (Wildman–Crippen MR) is 74.9 cm³/mol. The van der Waals surface area contributed by atoms with Crippen LogP contribution in [0.3, 0.4) is 0 Å². The Kier molecular flexibility index (Phi) is 4.38. The van der Waals surface area contributed by atoms with E-state index in [1.54, 1.807) is 4.90 Å². The molecule has 1 saturated heterocycles. The Hall–Kier alpha value is -2.62. The van der Waals surface area contributed by atoms with E-state index in [2.05, 4.69) is 20.5 Å². The second-order valence-corrected chi connectivity index (χ2v) is 4.51. The lowest BCUT2D eigenvalue weighted by molar-refractivity contribution is -0.384. The number of ether oxygens (including phenoxy) is 1. The Morgan fingerprint density at radius 3 is 3.00 bits per heavy atom. The van der Waals surface area contributed by atoms with Gasteiger partial charge in [0.15, 0.2) is 0 Å². The summed E-state index contributed by atoms with van der Waals surface area (Å²) in [5.41, 5.74) is 2.26. The van der Waals surface area contributed by atoms with Crippen LogP contribution < -0.4 is 21.5 Å². The van der Waals surface area contributed by atoms with Crippen LogP contribution in [0.15, 0.2) is 12.1 Å². The molecule has 1 aliphatic heterocycles. The Bertz CT molecular complexity index is 552. The summed E-state index contributed by atoms with van der Waals surface area (Å²) in [6.45, 7) is 0.952. The third-order valence-corrected chi connectivity index (χ3v) is 3.19. The van der Waals surface area contributed by atoms with Gasteiger partial charge >= 0.3 is 11.8 Å². The third kappa shape index (κ3) is 3.28. The lowest BCUT2D eigenvalue weighted by atomic mass is 10.3. The lowest BCUT2D eigenvalue weighted by Gasteiger charge is -2.18. The zero-order valence-electron chi connectivity index (χ0n) is 11.4. The highest BCUT2D eigenvalue weighted by molar-refractivity contribution is 5.68. The normalized spacial score (nSPS) is 17.4. The molecule has 0 bridgehead atoms. The van der Waals surface area contributed by atoms with Crippen molar-refractivity contribution in [1.82, 2.24) is 10.3 Å². The van der Waals surface area contributed by atoms with Gasteiger partial charge in [0.05, 0.1) is 18.1 Å². The molecule has 10 nitrogen and oxygen atoms in total. The first-order valence-corrected chi connectivity index (χ1v) is 6.26. The number of pyridine rings is 1. The zero-order chi connectivity index (χ0) is 15.4. The first-order valence-electron chi connectivity index (χ1n) is 6.26. The second kappa shape index (κ2) is 6.22. The van der Waals surface area contributed by atoms with Crippen molar-refractivity contribution in [3.63, 3.8) is 0 Å². The fourth-order valence-corrected chi connectivity index (χ4v) is 2.19. The van der Waals surface area contributed by atoms with Gasteiger partial charge in [0.25, 0.3) is 0 Å². The zero-order valence-corrected chi connectivity index (χ0v) is 11.4. The van der Waals surface area contributed by atoms with Crippen LogP contribution in [0.25, 0.3) is 0 Å². The summed E-state index contributed by atoms with van der Waals surface area (Å²) < 4.78 is 4.53. The molecule has 0 aliphatic carbocycles. The average molecular weight is 296 g/mol. The molecule has 114 valence electrons. The van der Waals surface area contributed by atoms with Crippen molar-refractivity contribution in [3.8, 4) is 0 Å². The minimum Gasteiger partial charge on any atom is -0.453 e. The average Bonchev–Trinajstić information content (AvgIpc) is 2.94. The van der Waals surface area contributed by atoms with E-state index in [9.17, 15) is 14.9 Å². The highest BCUT2D eigenvalue weighted by atomic mass is 16.6. The third-order valence-electron chi connectivity index (χ3n) is 3.19. The van der Waals surface area contributed by atoms with Crippen molar-refractivity contribution in [2.75, 3.05) is 30.5 Å². The number of hydrazine groups is 1. The maximum absolute atomic E-state index is 11.2. The summed E-state index contributed by atoms with van der Waals surface area (Å²) in [5, 5.41) is 13.7. The molecule has 0 spiro atoms. The summed E-state index contributed by atoms with van der Waals surface area (Å²) in [6, 6.07) is 2.63. The van der Waals surface area contributed by atoms with E-state index in [4.69, 9.17) is 5.84 Å². The highest BCUT2D eigenvalue weighted by Gasteiger charge is 2.30. The van der Waals surface area contributed by atoms with Crippen molar-refractivity contribution in [2.24, 2.45) is 5.84 Å². The van der Waals surface area contributed by atoms with Gasteiger partial charge in [0.2, 0.25) is 5.82 Å². The number of nitrogen functional groups attached to an aromatic ring is 1. The number of hydrogen-bond acceptors (Lipinski definition) is 8. The van der Waals surface area contributed by atoms with Gasteiger partial charge in [-0.15, -0.1) is 0 Å². The molecule has 21 heavy (non-hydrogen) atoms. The molecule has 1 aromatic rings. The molecule has 2 rings (SSSR count). The van der Waals surface area contributed by atoms with Gasteiger partial charge in [-0.05, 0) is 12.5 Å². The number of carbonyl (C=O) groups is 1. The Labute approximate surface area is 120 Å². The molecular formula is C11H16N6O4. The lowest BCUT2D eigenvalue weighted by Crippen LogP contribution is -2.37. The Balaban J connectivity index is 2.18. The monoisotopic (exact) mass is 296 g/mol.